The van der Waals surface area contributed by atoms with Crippen LogP contribution in [0.25, 0.3) is 11.0 Å². The summed E-state index contributed by atoms with van der Waals surface area (Å²) in [5, 5.41) is 12.1. The van der Waals surface area contributed by atoms with Crippen molar-refractivity contribution in [2.45, 2.75) is 0 Å². The molecule has 3 N–H and O–H groups in total. The van der Waals surface area contributed by atoms with Gasteiger partial charge in [-0.25, -0.2) is 4.98 Å². The van der Waals surface area contributed by atoms with Crippen LogP contribution in [0.5, 0.6) is 5.75 Å². The van der Waals surface area contributed by atoms with Crippen LogP contribution in [-0.2, 0) is 0 Å². The number of hydrogen-bond donors (Lipinski definition) is 3. The Labute approximate surface area is 119 Å². The zero-order valence-corrected chi connectivity index (χ0v) is 11.0. The van der Waals surface area contributed by atoms with Crippen molar-refractivity contribution in [3.05, 3.63) is 53.1 Å². The number of anilines is 1. The molecule has 1 heterocycles. The van der Waals surface area contributed by atoms with Crippen molar-refractivity contribution in [3.8, 4) is 5.75 Å². The van der Waals surface area contributed by atoms with Crippen LogP contribution in [0.2, 0.25) is 5.02 Å². The molecule has 6 heteroatoms. The van der Waals surface area contributed by atoms with Crippen LogP contribution in [0.3, 0.4) is 0 Å². The normalized spacial score (nSPS) is 10.7. The van der Waals surface area contributed by atoms with E-state index < -0.39 is 0 Å². The lowest BCUT2D eigenvalue weighted by molar-refractivity contribution is 0.102. The van der Waals surface area contributed by atoms with Gasteiger partial charge < -0.3 is 10.1 Å². The molecule has 0 aliphatic carbocycles. The zero-order valence-electron chi connectivity index (χ0n) is 10.2. The van der Waals surface area contributed by atoms with Crippen LogP contribution in [-0.4, -0.2) is 21.0 Å². The lowest BCUT2D eigenvalue weighted by atomic mass is 10.2. The minimum absolute atomic E-state index is 0.0630. The number of amides is 1. The number of aromatic hydroxyl groups is 1. The molecule has 0 radical (unpaired) electrons. The molecule has 0 unspecified atom stereocenters. The number of para-hydroxylation sites is 2. The Morgan fingerprint density at radius 3 is 2.80 bits per heavy atom. The first-order chi connectivity index (χ1) is 9.63. The van der Waals surface area contributed by atoms with Gasteiger partial charge in [0.2, 0.25) is 5.95 Å². The second kappa shape index (κ2) is 4.86. The molecule has 5 nitrogen and oxygen atoms in total. The van der Waals surface area contributed by atoms with E-state index in [9.17, 15) is 9.90 Å². The molecule has 0 atom stereocenters. The number of phenols is 1. The number of halogens is 1. The lowest BCUT2D eigenvalue weighted by Gasteiger charge is -2.03. The number of carbonyl (C=O) groups excluding carboxylic acids is 1. The first-order valence-electron chi connectivity index (χ1n) is 5.88. The predicted molar refractivity (Wildman–Crippen MR) is 77.2 cm³/mol. The van der Waals surface area contributed by atoms with E-state index in [1.165, 1.54) is 18.2 Å². The van der Waals surface area contributed by atoms with E-state index >= 15 is 0 Å². The summed E-state index contributed by atoms with van der Waals surface area (Å²) in [6, 6.07) is 11.7. The molecule has 3 rings (SSSR count). The molecular formula is C14H10ClN3O2. The number of hydrogen-bond acceptors (Lipinski definition) is 3. The maximum atomic E-state index is 12.0. The zero-order chi connectivity index (χ0) is 14.1. The number of nitrogens with zero attached hydrogens (tertiary/aromatic N) is 1. The molecule has 100 valence electrons. The number of aromatic nitrogens is 2. The molecule has 1 aromatic heterocycles. The molecule has 0 spiro atoms. The molecule has 0 saturated heterocycles. The third-order valence-electron chi connectivity index (χ3n) is 2.83. The lowest BCUT2D eigenvalue weighted by Crippen LogP contribution is -2.12. The quantitative estimate of drug-likeness (QED) is 0.677. The van der Waals surface area contributed by atoms with Crippen LogP contribution < -0.4 is 5.32 Å². The number of carbonyl (C=O) groups is 1. The van der Waals surface area contributed by atoms with Crippen LogP contribution in [0.4, 0.5) is 5.95 Å². The van der Waals surface area contributed by atoms with Crippen molar-refractivity contribution in [2.75, 3.05) is 5.32 Å². The van der Waals surface area contributed by atoms with E-state index in [0.717, 1.165) is 11.0 Å². The Balaban J connectivity index is 1.86. The van der Waals surface area contributed by atoms with Crippen molar-refractivity contribution in [3.63, 3.8) is 0 Å². The molecule has 0 saturated carbocycles. The van der Waals surface area contributed by atoms with E-state index in [2.05, 4.69) is 15.3 Å². The van der Waals surface area contributed by atoms with Crippen molar-refractivity contribution in [1.82, 2.24) is 9.97 Å². The van der Waals surface area contributed by atoms with Crippen LogP contribution >= 0.6 is 11.6 Å². The van der Waals surface area contributed by atoms with Gasteiger partial charge in [-0.05, 0) is 30.3 Å². The molecule has 0 bridgehead atoms. The van der Waals surface area contributed by atoms with Gasteiger partial charge in [0, 0.05) is 5.56 Å². The fraction of sp³-hybridized carbons (Fsp3) is 0. The van der Waals surface area contributed by atoms with Gasteiger partial charge in [0.25, 0.3) is 5.91 Å². The van der Waals surface area contributed by atoms with E-state index in [1.54, 1.807) is 0 Å². The average molecular weight is 288 g/mol. The molecule has 2 aromatic carbocycles. The molecule has 0 fully saturated rings. The molecule has 20 heavy (non-hydrogen) atoms. The van der Waals surface area contributed by atoms with Gasteiger partial charge in [-0.3, -0.25) is 10.1 Å². The molecular weight excluding hydrogens is 278 g/mol. The summed E-state index contributed by atoms with van der Waals surface area (Å²) in [6.45, 7) is 0. The van der Waals surface area contributed by atoms with E-state index in [4.69, 9.17) is 11.6 Å². The monoisotopic (exact) mass is 287 g/mol. The SMILES string of the molecule is O=C(Nc1nc2ccccc2[nH]1)c1ccc(O)c(Cl)c1. The largest absolute Gasteiger partial charge is 0.506 e. The number of nitrogens with one attached hydrogen (secondary N) is 2. The fourth-order valence-electron chi connectivity index (χ4n) is 1.84. The van der Waals surface area contributed by atoms with Crippen LogP contribution in [0, 0.1) is 0 Å². The second-order valence-electron chi connectivity index (χ2n) is 4.22. The Bertz CT molecular complexity index is 765. The van der Waals surface area contributed by atoms with Gasteiger partial charge in [-0.15, -0.1) is 0 Å². The molecule has 3 aromatic rings. The van der Waals surface area contributed by atoms with E-state index in [1.807, 2.05) is 24.3 Å². The Morgan fingerprint density at radius 1 is 1.25 bits per heavy atom. The first kappa shape index (κ1) is 12.5. The Morgan fingerprint density at radius 2 is 2.05 bits per heavy atom. The number of H-pyrrole nitrogens is 1. The summed E-state index contributed by atoms with van der Waals surface area (Å²) >= 11 is 5.77. The molecule has 0 aliphatic heterocycles. The number of aromatic amines is 1. The average Bonchev–Trinajstić information content (AvgIpc) is 2.83. The molecule has 0 aliphatic rings. The third-order valence-corrected chi connectivity index (χ3v) is 3.13. The van der Waals surface area contributed by atoms with Crippen LogP contribution in [0.1, 0.15) is 10.4 Å². The number of benzene rings is 2. The predicted octanol–water partition coefficient (Wildman–Crippen LogP) is 3.17. The van der Waals surface area contributed by atoms with E-state index in [0.29, 0.717) is 11.5 Å². The first-order valence-corrected chi connectivity index (χ1v) is 6.26. The smallest absolute Gasteiger partial charge is 0.258 e. The van der Waals surface area contributed by atoms with Crippen LogP contribution in [0.15, 0.2) is 42.5 Å². The number of imidazole rings is 1. The maximum absolute atomic E-state index is 12.0. The number of fused-ring (bicyclic) bond motifs is 1. The van der Waals surface area contributed by atoms with Gasteiger partial charge >= 0.3 is 0 Å². The minimum Gasteiger partial charge on any atom is -0.506 e. The van der Waals surface area contributed by atoms with Gasteiger partial charge in [-0.1, -0.05) is 23.7 Å². The second-order valence-corrected chi connectivity index (χ2v) is 4.63. The molecule has 1 amide bonds. The summed E-state index contributed by atoms with van der Waals surface area (Å²) in [4.78, 5) is 19.3. The van der Waals surface area contributed by atoms with Gasteiger partial charge in [0.15, 0.2) is 0 Å². The summed E-state index contributed by atoms with van der Waals surface area (Å²) in [5.74, 6) is -0.0571. The highest BCUT2D eigenvalue weighted by Crippen LogP contribution is 2.24. The summed E-state index contributed by atoms with van der Waals surface area (Å²) in [7, 11) is 0. The Hall–Kier alpha value is -2.53. The summed E-state index contributed by atoms with van der Waals surface area (Å²) in [5.41, 5.74) is 1.95. The Kier molecular flexibility index (Phi) is 3.04. The van der Waals surface area contributed by atoms with Crippen molar-refractivity contribution in [2.24, 2.45) is 0 Å². The number of phenolic OH excluding ortho intramolecular Hbond substituents is 1. The minimum atomic E-state index is -0.356. The van der Waals surface area contributed by atoms with Crippen molar-refractivity contribution >= 4 is 34.5 Å². The van der Waals surface area contributed by atoms with Crippen molar-refractivity contribution < 1.29 is 9.90 Å². The highest BCUT2D eigenvalue weighted by atomic mass is 35.5. The van der Waals surface area contributed by atoms with E-state index in [-0.39, 0.29) is 16.7 Å². The number of rotatable bonds is 2. The highest BCUT2D eigenvalue weighted by molar-refractivity contribution is 6.32. The standard InChI is InChI=1S/C14H10ClN3O2/c15-9-7-8(5-6-12(9)19)13(20)18-14-16-10-3-1-2-4-11(10)17-14/h1-7,19H,(H2,16,17,18,20). The highest BCUT2D eigenvalue weighted by Gasteiger charge is 2.10. The third kappa shape index (κ3) is 2.31. The fourth-order valence-corrected chi connectivity index (χ4v) is 2.02. The van der Waals surface area contributed by atoms with Gasteiger partial charge in [-0.2, -0.15) is 0 Å². The van der Waals surface area contributed by atoms with Crippen molar-refractivity contribution in [1.29, 1.82) is 0 Å². The van der Waals surface area contributed by atoms with Gasteiger partial charge in [0.1, 0.15) is 5.75 Å². The summed E-state index contributed by atoms with van der Waals surface area (Å²) < 4.78 is 0. The maximum Gasteiger partial charge on any atom is 0.258 e. The summed E-state index contributed by atoms with van der Waals surface area (Å²) in [6.07, 6.45) is 0. The topological polar surface area (TPSA) is 78.0 Å². The van der Waals surface area contributed by atoms with Gasteiger partial charge in [0.05, 0.1) is 16.1 Å².